The fourth-order valence-electron chi connectivity index (χ4n) is 0.981. The van der Waals surface area contributed by atoms with Gasteiger partial charge in [-0.2, -0.15) is 0 Å². The highest BCUT2D eigenvalue weighted by Crippen LogP contribution is 2.06. The van der Waals surface area contributed by atoms with Crippen molar-refractivity contribution in [3.8, 4) is 0 Å². The molecule has 0 aliphatic rings. The molecule has 2 N–H and O–H groups in total. The number of pyridine rings is 1. The lowest BCUT2D eigenvalue weighted by Gasteiger charge is -2.09. The predicted octanol–water partition coefficient (Wildman–Crippen LogP) is 1.33. The molecule has 1 rings (SSSR count). The van der Waals surface area contributed by atoms with Gasteiger partial charge in [0.05, 0.1) is 11.7 Å². The molecule has 0 aromatic carbocycles. The van der Waals surface area contributed by atoms with E-state index in [1.807, 2.05) is 25.1 Å². The Hall–Kier alpha value is -1.84. The second kappa shape index (κ2) is 5.01. The fourth-order valence-corrected chi connectivity index (χ4v) is 0.981. The number of hydrogen-bond donors (Lipinski definition) is 2. The molecule has 0 amide bonds. The van der Waals surface area contributed by atoms with E-state index in [1.165, 1.54) is 6.20 Å². The summed E-state index contributed by atoms with van der Waals surface area (Å²) in [5.74, 6) is -0.967. The molecule has 1 unspecified atom stereocenters. The van der Waals surface area contributed by atoms with Crippen molar-refractivity contribution in [2.24, 2.45) is 0 Å². The van der Waals surface area contributed by atoms with Crippen LogP contribution in [0.4, 0.5) is 0 Å². The van der Waals surface area contributed by atoms with E-state index in [-0.39, 0.29) is 6.04 Å². The molecular weight excluding hydrogens is 180 g/mol. The monoisotopic (exact) mass is 192 g/mol. The van der Waals surface area contributed by atoms with Crippen molar-refractivity contribution in [3.05, 3.63) is 42.4 Å². The highest BCUT2D eigenvalue weighted by Gasteiger charge is 2.01. The normalized spacial score (nSPS) is 12.6. The van der Waals surface area contributed by atoms with Crippen molar-refractivity contribution >= 4 is 5.97 Å². The third-order valence-corrected chi connectivity index (χ3v) is 1.70. The third kappa shape index (κ3) is 3.26. The van der Waals surface area contributed by atoms with Crippen LogP contribution < -0.4 is 5.32 Å². The Morgan fingerprint density at radius 2 is 2.43 bits per heavy atom. The molecule has 4 nitrogen and oxygen atoms in total. The van der Waals surface area contributed by atoms with E-state index in [4.69, 9.17) is 5.11 Å². The topological polar surface area (TPSA) is 62.2 Å². The number of carbonyl (C=O) groups is 1. The van der Waals surface area contributed by atoms with Crippen LogP contribution in [0.3, 0.4) is 0 Å². The van der Waals surface area contributed by atoms with Gasteiger partial charge in [-0.25, -0.2) is 4.79 Å². The van der Waals surface area contributed by atoms with Gasteiger partial charge in [0.1, 0.15) is 0 Å². The van der Waals surface area contributed by atoms with E-state index in [0.29, 0.717) is 0 Å². The Morgan fingerprint density at radius 3 is 3.00 bits per heavy atom. The van der Waals surface area contributed by atoms with E-state index in [0.717, 1.165) is 11.8 Å². The van der Waals surface area contributed by atoms with E-state index in [9.17, 15) is 4.79 Å². The number of hydrogen-bond acceptors (Lipinski definition) is 3. The summed E-state index contributed by atoms with van der Waals surface area (Å²) in [7, 11) is 0. The maximum absolute atomic E-state index is 10.2. The van der Waals surface area contributed by atoms with Crippen molar-refractivity contribution in [1.82, 2.24) is 10.3 Å². The van der Waals surface area contributed by atoms with Gasteiger partial charge in [-0.15, -0.1) is 0 Å². The molecule has 0 aliphatic carbocycles. The molecule has 0 saturated heterocycles. The third-order valence-electron chi connectivity index (χ3n) is 1.70. The summed E-state index contributed by atoms with van der Waals surface area (Å²) in [4.78, 5) is 14.3. The first-order valence-corrected chi connectivity index (χ1v) is 4.26. The van der Waals surface area contributed by atoms with Crippen LogP contribution in [0.25, 0.3) is 0 Å². The molecule has 4 heteroatoms. The summed E-state index contributed by atoms with van der Waals surface area (Å²) >= 11 is 0. The molecule has 1 heterocycles. The minimum Gasteiger partial charge on any atom is -0.478 e. The van der Waals surface area contributed by atoms with E-state index < -0.39 is 5.97 Å². The Kier molecular flexibility index (Phi) is 3.67. The summed E-state index contributed by atoms with van der Waals surface area (Å²) in [6.45, 7) is 1.91. The van der Waals surface area contributed by atoms with Gasteiger partial charge in [0, 0.05) is 18.5 Å². The van der Waals surface area contributed by atoms with Gasteiger partial charge in [-0.1, -0.05) is 6.07 Å². The first-order valence-electron chi connectivity index (χ1n) is 4.26. The average Bonchev–Trinajstić information content (AvgIpc) is 2.18. The van der Waals surface area contributed by atoms with Crippen LogP contribution in [0, 0.1) is 0 Å². The molecular formula is C10H12N2O2. The highest BCUT2D eigenvalue weighted by atomic mass is 16.4. The smallest absolute Gasteiger partial charge is 0.329 e. The van der Waals surface area contributed by atoms with Gasteiger partial charge in [0.2, 0.25) is 0 Å². The minimum atomic E-state index is -0.967. The van der Waals surface area contributed by atoms with Crippen molar-refractivity contribution in [2.75, 3.05) is 0 Å². The Morgan fingerprint density at radius 1 is 1.64 bits per heavy atom. The lowest BCUT2D eigenvalue weighted by atomic mass is 10.2. The second-order valence-corrected chi connectivity index (χ2v) is 2.81. The van der Waals surface area contributed by atoms with Gasteiger partial charge >= 0.3 is 5.97 Å². The molecule has 1 aromatic heterocycles. The Labute approximate surface area is 82.3 Å². The van der Waals surface area contributed by atoms with Crippen molar-refractivity contribution in [2.45, 2.75) is 13.0 Å². The van der Waals surface area contributed by atoms with Gasteiger partial charge < -0.3 is 10.4 Å². The molecule has 1 aromatic rings. The minimum absolute atomic E-state index is 0.00630. The number of carboxylic acid groups (broad SMARTS) is 1. The molecule has 0 bridgehead atoms. The molecule has 0 spiro atoms. The zero-order valence-corrected chi connectivity index (χ0v) is 7.84. The maximum Gasteiger partial charge on any atom is 0.329 e. The zero-order chi connectivity index (χ0) is 10.4. The van der Waals surface area contributed by atoms with Crippen molar-refractivity contribution in [1.29, 1.82) is 0 Å². The average molecular weight is 192 g/mol. The predicted molar refractivity (Wildman–Crippen MR) is 52.6 cm³/mol. The van der Waals surface area contributed by atoms with E-state index >= 15 is 0 Å². The van der Waals surface area contributed by atoms with Crippen LogP contribution >= 0.6 is 0 Å². The number of nitrogens with zero attached hydrogens (tertiary/aromatic N) is 1. The van der Waals surface area contributed by atoms with Crippen LogP contribution in [-0.4, -0.2) is 16.1 Å². The molecule has 0 aliphatic heterocycles. The van der Waals surface area contributed by atoms with Crippen molar-refractivity contribution in [3.63, 3.8) is 0 Å². The summed E-state index contributed by atoms with van der Waals surface area (Å²) in [6, 6.07) is 5.61. The summed E-state index contributed by atoms with van der Waals surface area (Å²) in [5.41, 5.74) is 0.877. The molecule has 0 fully saturated rings. The standard InChI is InChI=1S/C10H12N2O2/c1-8(11-7-5-10(13)14)9-4-2-3-6-12-9/h2-8,11H,1H3,(H,13,14)/b7-5+. The van der Waals surface area contributed by atoms with Crippen LogP contribution in [-0.2, 0) is 4.79 Å². The van der Waals surface area contributed by atoms with Gasteiger partial charge in [0.15, 0.2) is 0 Å². The molecule has 0 radical (unpaired) electrons. The molecule has 14 heavy (non-hydrogen) atoms. The first-order chi connectivity index (χ1) is 6.70. The number of carboxylic acids is 1. The number of rotatable bonds is 4. The SMILES string of the molecule is CC(N/C=C/C(=O)O)c1ccccn1. The van der Waals surface area contributed by atoms with Crippen LogP contribution in [0.15, 0.2) is 36.7 Å². The number of aromatic nitrogens is 1. The quantitative estimate of drug-likeness (QED) is 0.706. The summed E-state index contributed by atoms with van der Waals surface area (Å²) in [5, 5.41) is 11.3. The Bertz CT molecular complexity index is 322. The number of nitrogens with one attached hydrogen (secondary N) is 1. The lowest BCUT2D eigenvalue weighted by molar-refractivity contribution is -0.131. The van der Waals surface area contributed by atoms with Crippen LogP contribution in [0.5, 0.6) is 0 Å². The zero-order valence-electron chi connectivity index (χ0n) is 7.84. The second-order valence-electron chi connectivity index (χ2n) is 2.81. The van der Waals surface area contributed by atoms with E-state index in [1.54, 1.807) is 6.20 Å². The van der Waals surface area contributed by atoms with E-state index in [2.05, 4.69) is 10.3 Å². The summed E-state index contributed by atoms with van der Waals surface area (Å²) in [6.07, 6.45) is 4.16. The van der Waals surface area contributed by atoms with Gasteiger partial charge in [-0.05, 0) is 19.1 Å². The van der Waals surface area contributed by atoms with Crippen molar-refractivity contribution < 1.29 is 9.90 Å². The molecule has 1 atom stereocenters. The maximum atomic E-state index is 10.2. The summed E-state index contributed by atoms with van der Waals surface area (Å²) < 4.78 is 0. The van der Waals surface area contributed by atoms with Crippen LogP contribution in [0.1, 0.15) is 18.7 Å². The lowest BCUT2D eigenvalue weighted by Crippen LogP contribution is -2.13. The van der Waals surface area contributed by atoms with Gasteiger partial charge in [0.25, 0.3) is 0 Å². The Balaban J connectivity index is 2.51. The largest absolute Gasteiger partial charge is 0.478 e. The molecule has 74 valence electrons. The molecule has 0 saturated carbocycles. The first kappa shape index (κ1) is 10.2. The fraction of sp³-hybridized carbons (Fsp3) is 0.200. The number of aliphatic carboxylic acids is 1. The highest BCUT2D eigenvalue weighted by molar-refractivity contribution is 5.79. The van der Waals surface area contributed by atoms with Crippen LogP contribution in [0.2, 0.25) is 0 Å². The van der Waals surface area contributed by atoms with Gasteiger partial charge in [-0.3, -0.25) is 4.98 Å².